The zero-order chi connectivity index (χ0) is 17.6. The molecule has 0 unspecified atom stereocenters. The number of nitrogens with zero attached hydrogens (tertiary/aromatic N) is 6. The van der Waals surface area contributed by atoms with E-state index < -0.39 is 0 Å². The average Bonchev–Trinajstić information content (AvgIpc) is 2.99. The van der Waals surface area contributed by atoms with Crippen molar-refractivity contribution in [1.82, 2.24) is 24.4 Å². The van der Waals surface area contributed by atoms with Gasteiger partial charge in [-0.25, -0.2) is 15.0 Å². The first-order valence-corrected chi connectivity index (χ1v) is 8.86. The van der Waals surface area contributed by atoms with Gasteiger partial charge in [0.1, 0.15) is 0 Å². The molecule has 2 aromatic heterocycles. The number of hydrogen-bond acceptors (Lipinski definition) is 5. The van der Waals surface area contributed by atoms with E-state index in [1.54, 1.807) is 18.5 Å². The predicted molar refractivity (Wildman–Crippen MR) is 101 cm³/mol. The highest BCUT2D eigenvalue weighted by molar-refractivity contribution is 6.42. The molecule has 1 aromatic carbocycles. The number of benzene rings is 1. The van der Waals surface area contributed by atoms with Gasteiger partial charge in [-0.15, -0.1) is 0 Å². The number of likely N-dealkylation sites (N-methyl/N-ethyl adjacent to an activating group) is 1. The summed E-state index contributed by atoms with van der Waals surface area (Å²) in [6.07, 6.45) is 1.78. The lowest BCUT2D eigenvalue weighted by molar-refractivity contribution is 0.312. The minimum absolute atomic E-state index is 0.494. The fraction of sp³-hybridized carbons (Fsp3) is 0.353. The largest absolute Gasteiger partial charge is 0.352 e. The van der Waals surface area contributed by atoms with Crippen LogP contribution < -0.4 is 4.90 Å². The van der Waals surface area contributed by atoms with Gasteiger partial charge in [0.25, 0.3) is 0 Å². The van der Waals surface area contributed by atoms with Crippen LogP contribution in [-0.4, -0.2) is 57.6 Å². The summed E-state index contributed by atoms with van der Waals surface area (Å²) in [6.45, 7) is 3.83. The van der Waals surface area contributed by atoms with Crippen LogP contribution in [-0.2, 0) is 7.05 Å². The maximum atomic E-state index is 6.18. The molecule has 1 aliphatic heterocycles. The molecule has 0 saturated carbocycles. The predicted octanol–water partition coefficient (Wildman–Crippen LogP) is 3.09. The summed E-state index contributed by atoms with van der Waals surface area (Å²) in [7, 11) is 4.07. The monoisotopic (exact) mass is 376 g/mol. The molecular formula is C17H18Cl2N6. The van der Waals surface area contributed by atoms with E-state index in [1.807, 2.05) is 17.7 Å². The van der Waals surface area contributed by atoms with Crippen molar-refractivity contribution in [2.24, 2.45) is 7.05 Å². The van der Waals surface area contributed by atoms with Gasteiger partial charge in [-0.2, -0.15) is 0 Å². The molecule has 0 N–H and O–H groups in total. The van der Waals surface area contributed by atoms with E-state index in [0.717, 1.165) is 48.7 Å². The van der Waals surface area contributed by atoms with E-state index in [-0.39, 0.29) is 0 Å². The molecule has 0 bridgehead atoms. The number of fused-ring (bicyclic) bond motifs is 1. The van der Waals surface area contributed by atoms with Gasteiger partial charge in [-0.05, 0) is 25.2 Å². The van der Waals surface area contributed by atoms with E-state index in [0.29, 0.717) is 15.9 Å². The van der Waals surface area contributed by atoms with Gasteiger partial charge in [-0.3, -0.25) is 0 Å². The number of rotatable bonds is 2. The van der Waals surface area contributed by atoms with Crippen LogP contribution >= 0.6 is 23.2 Å². The molecular weight excluding hydrogens is 359 g/mol. The first-order chi connectivity index (χ1) is 12.0. The van der Waals surface area contributed by atoms with Crippen molar-refractivity contribution >= 4 is 40.2 Å². The topological polar surface area (TPSA) is 50.1 Å². The van der Waals surface area contributed by atoms with Gasteiger partial charge in [-0.1, -0.05) is 23.2 Å². The molecule has 1 aliphatic rings. The fourth-order valence-electron chi connectivity index (χ4n) is 2.99. The van der Waals surface area contributed by atoms with Crippen molar-refractivity contribution in [1.29, 1.82) is 0 Å². The molecule has 0 atom stereocenters. The molecule has 4 rings (SSSR count). The summed E-state index contributed by atoms with van der Waals surface area (Å²) in [4.78, 5) is 18.6. The lowest BCUT2D eigenvalue weighted by atomic mass is 10.2. The second-order valence-corrected chi connectivity index (χ2v) is 7.13. The molecule has 0 radical (unpaired) electrons. The van der Waals surface area contributed by atoms with Crippen molar-refractivity contribution in [3.8, 4) is 11.4 Å². The molecule has 6 nitrogen and oxygen atoms in total. The van der Waals surface area contributed by atoms with E-state index >= 15 is 0 Å². The summed E-state index contributed by atoms with van der Waals surface area (Å²) in [5.74, 6) is 1.50. The van der Waals surface area contributed by atoms with Gasteiger partial charge in [0, 0.05) is 38.8 Å². The summed E-state index contributed by atoms with van der Waals surface area (Å²) in [5.41, 5.74) is 2.48. The fourth-order valence-corrected chi connectivity index (χ4v) is 3.29. The quantitative estimate of drug-likeness (QED) is 0.687. The van der Waals surface area contributed by atoms with Crippen molar-refractivity contribution in [2.45, 2.75) is 0 Å². The maximum Gasteiger partial charge on any atom is 0.165 e. The molecule has 1 fully saturated rings. The highest BCUT2D eigenvalue weighted by Gasteiger charge is 2.21. The third kappa shape index (κ3) is 3.05. The summed E-state index contributed by atoms with van der Waals surface area (Å²) in [6, 6.07) is 5.46. The maximum absolute atomic E-state index is 6.18. The Morgan fingerprint density at radius 3 is 2.44 bits per heavy atom. The highest BCUT2D eigenvalue weighted by atomic mass is 35.5. The van der Waals surface area contributed by atoms with Crippen LogP contribution in [0.15, 0.2) is 24.5 Å². The molecule has 0 spiro atoms. The van der Waals surface area contributed by atoms with E-state index in [1.165, 1.54) is 0 Å². The van der Waals surface area contributed by atoms with E-state index in [2.05, 4.69) is 21.8 Å². The van der Waals surface area contributed by atoms with Crippen LogP contribution in [0.5, 0.6) is 0 Å². The molecule has 0 aliphatic carbocycles. The molecule has 0 amide bonds. The minimum atomic E-state index is 0.494. The van der Waals surface area contributed by atoms with Crippen LogP contribution in [0.3, 0.4) is 0 Å². The Morgan fingerprint density at radius 2 is 1.72 bits per heavy atom. The molecule has 1 saturated heterocycles. The zero-order valence-electron chi connectivity index (χ0n) is 14.1. The summed E-state index contributed by atoms with van der Waals surface area (Å²) in [5, 5.41) is 1.01. The number of halogens is 2. The van der Waals surface area contributed by atoms with E-state index in [9.17, 15) is 0 Å². The van der Waals surface area contributed by atoms with Crippen LogP contribution in [0.4, 0.5) is 5.82 Å². The third-order valence-electron chi connectivity index (χ3n) is 4.52. The van der Waals surface area contributed by atoms with Crippen LogP contribution in [0.25, 0.3) is 22.6 Å². The number of hydrogen-bond donors (Lipinski definition) is 0. The lowest BCUT2D eigenvalue weighted by Gasteiger charge is -2.33. The Bertz CT molecular complexity index is 930. The van der Waals surface area contributed by atoms with E-state index in [4.69, 9.17) is 33.2 Å². The normalized spacial score (nSPS) is 15.9. The second kappa shape index (κ2) is 6.44. The van der Waals surface area contributed by atoms with Crippen LogP contribution in [0.2, 0.25) is 10.0 Å². The standard InChI is InChI=1S/C17H18Cl2N6/c1-23-5-7-25(8-6-23)17-14-16(24(2)10-20-14)21-15(22-17)11-3-4-12(18)13(19)9-11/h3-4,9-10H,5-8H2,1-2H3. The van der Waals surface area contributed by atoms with Gasteiger partial charge < -0.3 is 14.4 Å². The van der Waals surface area contributed by atoms with Crippen molar-refractivity contribution in [3.63, 3.8) is 0 Å². The Labute approximate surface area is 156 Å². The van der Waals surface area contributed by atoms with Crippen LogP contribution in [0.1, 0.15) is 0 Å². The van der Waals surface area contributed by atoms with Gasteiger partial charge in [0.2, 0.25) is 0 Å². The third-order valence-corrected chi connectivity index (χ3v) is 5.26. The average molecular weight is 377 g/mol. The highest BCUT2D eigenvalue weighted by Crippen LogP contribution is 2.30. The molecule has 8 heteroatoms. The van der Waals surface area contributed by atoms with Gasteiger partial charge in [0.15, 0.2) is 22.8 Å². The first-order valence-electron chi connectivity index (χ1n) is 8.11. The Morgan fingerprint density at radius 1 is 0.960 bits per heavy atom. The molecule has 3 aromatic rings. The first kappa shape index (κ1) is 16.6. The minimum Gasteiger partial charge on any atom is -0.352 e. The van der Waals surface area contributed by atoms with Crippen LogP contribution in [0, 0.1) is 0 Å². The van der Waals surface area contributed by atoms with Crippen molar-refractivity contribution in [2.75, 3.05) is 38.1 Å². The Balaban J connectivity index is 1.85. The Hall–Kier alpha value is -1.89. The Kier molecular flexibility index (Phi) is 4.27. The number of anilines is 1. The number of piperazine rings is 1. The summed E-state index contributed by atoms with van der Waals surface area (Å²) < 4.78 is 1.91. The SMILES string of the molecule is CN1CCN(c2nc(-c3ccc(Cl)c(Cl)c3)nc3c2ncn3C)CC1. The molecule has 3 heterocycles. The second-order valence-electron chi connectivity index (χ2n) is 6.32. The smallest absolute Gasteiger partial charge is 0.165 e. The number of aromatic nitrogens is 4. The number of aryl methyl sites for hydroxylation is 1. The molecule has 130 valence electrons. The van der Waals surface area contributed by atoms with Crippen molar-refractivity contribution in [3.05, 3.63) is 34.6 Å². The van der Waals surface area contributed by atoms with Gasteiger partial charge in [0.05, 0.1) is 16.4 Å². The lowest BCUT2D eigenvalue weighted by Crippen LogP contribution is -2.45. The summed E-state index contributed by atoms with van der Waals surface area (Å²) >= 11 is 12.2. The van der Waals surface area contributed by atoms with Crippen molar-refractivity contribution < 1.29 is 0 Å². The molecule has 25 heavy (non-hydrogen) atoms. The number of imidazole rings is 1. The zero-order valence-corrected chi connectivity index (χ0v) is 15.6. The van der Waals surface area contributed by atoms with Gasteiger partial charge >= 0.3 is 0 Å².